The van der Waals surface area contributed by atoms with E-state index in [9.17, 15) is 10.2 Å². The van der Waals surface area contributed by atoms with Crippen LogP contribution in [0.4, 0.5) is 0 Å². The Kier molecular flexibility index (Phi) is 2.46. The molecule has 0 saturated heterocycles. The van der Waals surface area contributed by atoms with Gasteiger partial charge < -0.3 is 15.9 Å². The molecule has 4 N–H and O–H groups in total. The van der Waals surface area contributed by atoms with Crippen molar-refractivity contribution in [3.63, 3.8) is 0 Å². The highest BCUT2D eigenvalue weighted by molar-refractivity contribution is 6.30. The number of aliphatic hydroxyl groups is 2. The van der Waals surface area contributed by atoms with Gasteiger partial charge in [-0.3, -0.25) is 0 Å². The Bertz CT molecular complexity index is 442. The number of nitrogens with two attached hydrogens (primary N) is 1. The van der Waals surface area contributed by atoms with Crippen molar-refractivity contribution in [2.75, 3.05) is 0 Å². The molecule has 2 atom stereocenters. The summed E-state index contributed by atoms with van der Waals surface area (Å²) < 4.78 is 0. The first kappa shape index (κ1) is 10.5. The van der Waals surface area contributed by atoms with Crippen LogP contribution in [0.5, 0.6) is 0 Å². The second kappa shape index (κ2) is 3.52. The number of hydrogen-bond donors (Lipinski definition) is 3. The number of fused-ring (bicyclic) bond motifs is 1. The zero-order valence-electron chi connectivity index (χ0n) is 8.24. The van der Waals surface area contributed by atoms with Crippen LogP contribution in [0.15, 0.2) is 28.9 Å². The number of aliphatic hydroxyl groups excluding tert-OH is 2. The standard InChI is InChI=1S/C11H12ClNO2/c1-5-2-3-6-7(4-5)11(15)9(13)8(12)10(6)14/h2-4,10-11,14-15H,13H2,1H3. The fourth-order valence-corrected chi connectivity index (χ4v) is 1.99. The first-order valence-electron chi connectivity index (χ1n) is 4.64. The first-order valence-corrected chi connectivity index (χ1v) is 5.01. The zero-order chi connectivity index (χ0) is 11.2. The number of halogens is 1. The second-order valence-electron chi connectivity index (χ2n) is 3.74. The summed E-state index contributed by atoms with van der Waals surface area (Å²) in [6.07, 6.45) is -1.85. The third-order valence-corrected chi connectivity index (χ3v) is 3.07. The van der Waals surface area contributed by atoms with Gasteiger partial charge in [-0.1, -0.05) is 35.4 Å². The summed E-state index contributed by atoms with van der Waals surface area (Å²) >= 11 is 5.82. The lowest BCUT2D eigenvalue weighted by atomic mass is 9.89. The molecule has 3 nitrogen and oxygen atoms in total. The van der Waals surface area contributed by atoms with Gasteiger partial charge >= 0.3 is 0 Å². The molecule has 1 aliphatic rings. The van der Waals surface area contributed by atoms with Crippen LogP contribution in [0.2, 0.25) is 0 Å². The molecule has 4 heteroatoms. The molecule has 1 aromatic carbocycles. The largest absolute Gasteiger partial charge is 0.399 e. The van der Waals surface area contributed by atoms with E-state index in [1.54, 1.807) is 12.1 Å². The number of benzene rings is 1. The summed E-state index contributed by atoms with van der Waals surface area (Å²) in [6, 6.07) is 5.42. The van der Waals surface area contributed by atoms with E-state index in [1.165, 1.54) is 0 Å². The number of hydrogen-bond acceptors (Lipinski definition) is 3. The van der Waals surface area contributed by atoms with Gasteiger partial charge in [0.05, 0.1) is 10.7 Å². The third-order valence-electron chi connectivity index (χ3n) is 2.64. The molecule has 0 spiro atoms. The predicted octanol–water partition coefficient (Wildman–Crippen LogP) is 1.48. The number of aryl methyl sites for hydroxylation is 1. The number of rotatable bonds is 0. The molecule has 0 aromatic heterocycles. The highest BCUT2D eigenvalue weighted by atomic mass is 35.5. The average Bonchev–Trinajstić information content (AvgIpc) is 2.23. The molecule has 0 fully saturated rings. The van der Waals surface area contributed by atoms with Crippen LogP contribution in [0.25, 0.3) is 0 Å². The minimum absolute atomic E-state index is 0.110. The second-order valence-corrected chi connectivity index (χ2v) is 4.15. The maximum Gasteiger partial charge on any atom is 0.120 e. The Morgan fingerprint density at radius 1 is 1.20 bits per heavy atom. The van der Waals surface area contributed by atoms with Crippen molar-refractivity contribution in [1.82, 2.24) is 0 Å². The fraction of sp³-hybridized carbons (Fsp3) is 0.273. The van der Waals surface area contributed by atoms with E-state index in [0.29, 0.717) is 11.1 Å². The molecule has 2 unspecified atom stereocenters. The van der Waals surface area contributed by atoms with Crippen LogP contribution in [-0.4, -0.2) is 10.2 Å². The Balaban J connectivity index is 2.62. The lowest BCUT2D eigenvalue weighted by Crippen LogP contribution is -2.21. The van der Waals surface area contributed by atoms with Gasteiger partial charge in [-0.2, -0.15) is 0 Å². The van der Waals surface area contributed by atoms with Crippen LogP contribution in [0.1, 0.15) is 28.9 Å². The van der Waals surface area contributed by atoms with Crippen LogP contribution in [-0.2, 0) is 0 Å². The molecular formula is C11H12ClNO2. The molecule has 0 saturated carbocycles. The summed E-state index contributed by atoms with van der Waals surface area (Å²) in [4.78, 5) is 0. The molecule has 2 rings (SSSR count). The average molecular weight is 226 g/mol. The third kappa shape index (κ3) is 1.53. The van der Waals surface area contributed by atoms with E-state index in [1.807, 2.05) is 13.0 Å². The molecule has 80 valence electrons. The predicted molar refractivity (Wildman–Crippen MR) is 58.2 cm³/mol. The molecule has 0 bridgehead atoms. The summed E-state index contributed by atoms with van der Waals surface area (Å²) in [5, 5.41) is 19.8. The van der Waals surface area contributed by atoms with E-state index < -0.39 is 12.2 Å². The molecule has 0 aliphatic heterocycles. The highest BCUT2D eigenvalue weighted by Crippen LogP contribution is 2.40. The van der Waals surface area contributed by atoms with Crippen LogP contribution < -0.4 is 5.73 Å². The molecular weight excluding hydrogens is 214 g/mol. The minimum Gasteiger partial charge on any atom is -0.399 e. The van der Waals surface area contributed by atoms with Gasteiger partial charge in [-0.15, -0.1) is 0 Å². The SMILES string of the molecule is Cc1ccc2c(c1)C(O)C(N)=C(Cl)C2O. The monoisotopic (exact) mass is 225 g/mol. The van der Waals surface area contributed by atoms with Gasteiger partial charge in [0.1, 0.15) is 12.2 Å². The zero-order valence-corrected chi connectivity index (χ0v) is 8.99. The summed E-state index contributed by atoms with van der Waals surface area (Å²) in [5.41, 5.74) is 7.99. The van der Waals surface area contributed by atoms with Crippen molar-refractivity contribution >= 4 is 11.6 Å². The Morgan fingerprint density at radius 2 is 1.87 bits per heavy atom. The minimum atomic E-state index is -0.925. The van der Waals surface area contributed by atoms with E-state index in [2.05, 4.69) is 0 Å². The van der Waals surface area contributed by atoms with E-state index in [4.69, 9.17) is 17.3 Å². The highest BCUT2D eigenvalue weighted by Gasteiger charge is 2.30. The quantitative estimate of drug-likeness (QED) is 0.627. The molecule has 0 amide bonds. The van der Waals surface area contributed by atoms with Gasteiger partial charge in [-0.05, 0) is 18.1 Å². The van der Waals surface area contributed by atoms with Crippen LogP contribution >= 0.6 is 11.6 Å². The Hall–Kier alpha value is -1.03. The molecule has 0 radical (unpaired) electrons. The van der Waals surface area contributed by atoms with Crippen molar-refractivity contribution in [1.29, 1.82) is 0 Å². The summed E-state index contributed by atoms with van der Waals surface area (Å²) in [6.45, 7) is 1.91. The van der Waals surface area contributed by atoms with Gasteiger partial charge in [0.15, 0.2) is 0 Å². The fourth-order valence-electron chi connectivity index (χ4n) is 1.77. The molecule has 1 aliphatic carbocycles. The van der Waals surface area contributed by atoms with Crippen molar-refractivity contribution in [2.24, 2.45) is 5.73 Å². The maximum absolute atomic E-state index is 9.86. The smallest absolute Gasteiger partial charge is 0.120 e. The lowest BCUT2D eigenvalue weighted by Gasteiger charge is -2.26. The summed E-state index contributed by atoms with van der Waals surface area (Å²) in [5.74, 6) is 0. The Labute approximate surface area is 92.8 Å². The van der Waals surface area contributed by atoms with Gasteiger partial charge in [0.25, 0.3) is 0 Å². The van der Waals surface area contributed by atoms with Gasteiger partial charge in [0, 0.05) is 0 Å². The van der Waals surface area contributed by atoms with Crippen molar-refractivity contribution in [3.8, 4) is 0 Å². The molecule has 0 heterocycles. The topological polar surface area (TPSA) is 66.5 Å². The van der Waals surface area contributed by atoms with Gasteiger partial charge in [0.2, 0.25) is 0 Å². The maximum atomic E-state index is 9.86. The first-order chi connectivity index (χ1) is 7.02. The summed E-state index contributed by atoms with van der Waals surface area (Å²) in [7, 11) is 0. The van der Waals surface area contributed by atoms with E-state index in [0.717, 1.165) is 5.56 Å². The van der Waals surface area contributed by atoms with Crippen molar-refractivity contribution < 1.29 is 10.2 Å². The van der Waals surface area contributed by atoms with E-state index >= 15 is 0 Å². The molecule has 15 heavy (non-hydrogen) atoms. The Morgan fingerprint density at radius 3 is 2.53 bits per heavy atom. The van der Waals surface area contributed by atoms with Crippen LogP contribution in [0, 0.1) is 6.92 Å². The van der Waals surface area contributed by atoms with Crippen molar-refractivity contribution in [2.45, 2.75) is 19.1 Å². The molecule has 1 aromatic rings. The van der Waals surface area contributed by atoms with E-state index in [-0.39, 0.29) is 10.7 Å². The lowest BCUT2D eigenvalue weighted by molar-refractivity contribution is 0.173. The normalized spacial score (nSPS) is 25.3. The van der Waals surface area contributed by atoms with Crippen LogP contribution in [0.3, 0.4) is 0 Å². The van der Waals surface area contributed by atoms with Gasteiger partial charge in [-0.25, -0.2) is 0 Å². The van der Waals surface area contributed by atoms with Crippen molar-refractivity contribution in [3.05, 3.63) is 45.6 Å².